The van der Waals surface area contributed by atoms with E-state index in [2.05, 4.69) is 33.8 Å². The van der Waals surface area contributed by atoms with Crippen molar-refractivity contribution in [2.24, 2.45) is 0 Å². The molecule has 5 rings (SSSR count). The topological polar surface area (TPSA) is 52.7 Å². The number of carbonyl (C=O) groups is 2. The highest BCUT2D eigenvalue weighted by Gasteiger charge is 2.33. The van der Waals surface area contributed by atoms with E-state index >= 15 is 0 Å². The molecule has 29 heavy (non-hydrogen) atoms. The van der Waals surface area contributed by atoms with E-state index in [0.29, 0.717) is 5.69 Å². The van der Waals surface area contributed by atoms with E-state index in [-0.39, 0.29) is 30.9 Å². The number of anilines is 2. The lowest BCUT2D eigenvalue weighted by atomic mass is 9.93. The number of rotatable bonds is 3. The number of nitrogens with zero attached hydrogens (tertiary/aromatic N) is 2. The van der Waals surface area contributed by atoms with Crippen molar-refractivity contribution in [1.29, 1.82) is 0 Å². The molecule has 2 aliphatic rings. The molecule has 146 valence electrons. The average Bonchev–Trinajstić information content (AvgIpc) is 3.22. The smallest absolute Gasteiger partial charge is 0.244 e. The van der Waals surface area contributed by atoms with Crippen LogP contribution in [0, 0.1) is 0 Å². The molecule has 0 saturated heterocycles. The van der Waals surface area contributed by atoms with Crippen LogP contribution in [0.25, 0.3) is 0 Å². The Kier molecular flexibility index (Phi) is 4.66. The summed E-state index contributed by atoms with van der Waals surface area (Å²) < 4.78 is 0. The third kappa shape index (κ3) is 3.34. The van der Waals surface area contributed by atoms with Gasteiger partial charge in [-0.3, -0.25) is 19.4 Å². The molecule has 2 aromatic carbocycles. The Hall–Kier alpha value is -2.96. The summed E-state index contributed by atoms with van der Waals surface area (Å²) in [6.45, 7) is 1.15. The normalized spacial score (nSPS) is 18.7. The summed E-state index contributed by atoms with van der Waals surface area (Å²) in [5.41, 5.74) is 3.94. The highest BCUT2D eigenvalue weighted by atomic mass is 32.1. The summed E-state index contributed by atoms with van der Waals surface area (Å²) in [5.74, 6) is -0.206. The van der Waals surface area contributed by atoms with Gasteiger partial charge < -0.3 is 5.32 Å². The molecule has 2 amide bonds. The number of thiophene rings is 1. The minimum absolute atomic E-state index is 0.0492. The van der Waals surface area contributed by atoms with Crippen LogP contribution in [-0.2, 0) is 16.0 Å². The molecule has 1 atom stereocenters. The van der Waals surface area contributed by atoms with Crippen LogP contribution in [-0.4, -0.2) is 36.3 Å². The molecule has 3 heterocycles. The van der Waals surface area contributed by atoms with E-state index in [1.165, 1.54) is 16.0 Å². The van der Waals surface area contributed by atoms with Crippen LogP contribution >= 0.6 is 11.3 Å². The second-order valence-corrected chi connectivity index (χ2v) is 8.38. The second-order valence-electron chi connectivity index (χ2n) is 7.38. The summed E-state index contributed by atoms with van der Waals surface area (Å²) in [4.78, 5) is 30.7. The first-order chi connectivity index (χ1) is 14.2. The Morgan fingerprint density at radius 1 is 1.07 bits per heavy atom. The van der Waals surface area contributed by atoms with E-state index in [9.17, 15) is 9.59 Å². The van der Waals surface area contributed by atoms with Gasteiger partial charge in [-0.15, -0.1) is 11.3 Å². The molecule has 0 aliphatic carbocycles. The largest absolute Gasteiger partial charge is 0.323 e. The van der Waals surface area contributed by atoms with Crippen molar-refractivity contribution < 1.29 is 9.59 Å². The standard InChI is InChI=1S/C23H21N3O2S/c27-21-14-26(19-9-5-4-8-18(19)24-21)22(28)15-25-12-10-20-17(11-13-29-20)23(25)16-6-2-1-3-7-16/h1-9,11,13,23H,10,12,14-15H2,(H,24,27)/t23-/m0/s1. The van der Waals surface area contributed by atoms with Crippen molar-refractivity contribution in [3.05, 3.63) is 82.0 Å². The zero-order valence-corrected chi connectivity index (χ0v) is 16.7. The van der Waals surface area contributed by atoms with Crippen molar-refractivity contribution in [3.63, 3.8) is 0 Å². The van der Waals surface area contributed by atoms with Crippen LogP contribution in [0.2, 0.25) is 0 Å². The highest BCUT2D eigenvalue weighted by Crippen LogP contribution is 2.38. The molecule has 0 radical (unpaired) electrons. The first kappa shape index (κ1) is 18.1. The quantitative estimate of drug-likeness (QED) is 0.726. The van der Waals surface area contributed by atoms with Gasteiger partial charge in [0.2, 0.25) is 11.8 Å². The zero-order chi connectivity index (χ0) is 19.8. The summed E-state index contributed by atoms with van der Waals surface area (Å²) in [6, 6.07) is 20.1. The number of para-hydroxylation sites is 2. The molecule has 2 aliphatic heterocycles. The lowest BCUT2D eigenvalue weighted by Gasteiger charge is -2.37. The number of amides is 2. The Labute approximate surface area is 173 Å². The number of hydrogen-bond acceptors (Lipinski definition) is 4. The summed E-state index contributed by atoms with van der Waals surface area (Å²) in [5, 5.41) is 4.98. The number of benzene rings is 2. The number of carbonyl (C=O) groups excluding carboxylic acids is 2. The molecule has 5 nitrogen and oxygen atoms in total. The van der Waals surface area contributed by atoms with Crippen molar-refractivity contribution in [3.8, 4) is 0 Å². The van der Waals surface area contributed by atoms with Gasteiger partial charge in [-0.1, -0.05) is 42.5 Å². The van der Waals surface area contributed by atoms with Crippen LogP contribution < -0.4 is 10.2 Å². The van der Waals surface area contributed by atoms with Gasteiger partial charge in [0, 0.05) is 11.4 Å². The lowest BCUT2D eigenvalue weighted by Crippen LogP contribution is -2.48. The molecule has 3 aromatic rings. The molecule has 6 heteroatoms. The first-order valence-corrected chi connectivity index (χ1v) is 10.6. The second kappa shape index (κ2) is 7.46. The maximum Gasteiger partial charge on any atom is 0.244 e. The Bertz CT molecular complexity index is 1060. The summed E-state index contributed by atoms with van der Waals surface area (Å²) in [7, 11) is 0. The molecule has 0 fully saturated rings. The Morgan fingerprint density at radius 2 is 1.86 bits per heavy atom. The van der Waals surface area contributed by atoms with Gasteiger partial charge in [-0.25, -0.2) is 0 Å². The average molecular weight is 404 g/mol. The molecule has 0 saturated carbocycles. The lowest BCUT2D eigenvalue weighted by molar-refractivity contribution is -0.123. The van der Waals surface area contributed by atoms with Gasteiger partial charge >= 0.3 is 0 Å². The predicted octanol–water partition coefficient (Wildman–Crippen LogP) is 3.68. The van der Waals surface area contributed by atoms with Crippen LogP contribution in [0.5, 0.6) is 0 Å². The first-order valence-electron chi connectivity index (χ1n) is 9.75. The number of fused-ring (bicyclic) bond motifs is 2. The van der Waals surface area contributed by atoms with Crippen molar-refractivity contribution >= 4 is 34.5 Å². The van der Waals surface area contributed by atoms with Gasteiger partial charge in [0.15, 0.2) is 0 Å². The highest BCUT2D eigenvalue weighted by molar-refractivity contribution is 7.10. The fraction of sp³-hybridized carbons (Fsp3) is 0.217. The molecule has 0 bridgehead atoms. The summed E-state index contributed by atoms with van der Waals surface area (Å²) >= 11 is 1.79. The maximum atomic E-state index is 13.3. The number of hydrogen-bond donors (Lipinski definition) is 1. The van der Waals surface area contributed by atoms with Crippen LogP contribution in [0.3, 0.4) is 0 Å². The molecule has 0 spiro atoms. The van der Waals surface area contributed by atoms with Gasteiger partial charge in [-0.2, -0.15) is 0 Å². The Balaban J connectivity index is 1.45. The fourth-order valence-electron chi connectivity index (χ4n) is 4.28. The van der Waals surface area contributed by atoms with Gasteiger partial charge in [0.05, 0.1) is 24.0 Å². The minimum Gasteiger partial charge on any atom is -0.323 e. The van der Waals surface area contributed by atoms with Crippen LogP contribution in [0.1, 0.15) is 22.0 Å². The van der Waals surface area contributed by atoms with Gasteiger partial charge in [0.25, 0.3) is 0 Å². The number of nitrogens with one attached hydrogen (secondary N) is 1. The van der Waals surface area contributed by atoms with Crippen LogP contribution in [0.15, 0.2) is 66.0 Å². The van der Waals surface area contributed by atoms with E-state index in [0.717, 1.165) is 18.7 Å². The maximum absolute atomic E-state index is 13.3. The van der Waals surface area contributed by atoms with Crippen molar-refractivity contribution in [2.75, 3.05) is 29.9 Å². The van der Waals surface area contributed by atoms with Crippen LogP contribution in [0.4, 0.5) is 11.4 Å². The molecular weight excluding hydrogens is 382 g/mol. The zero-order valence-electron chi connectivity index (χ0n) is 15.9. The third-order valence-corrected chi connectivity index (χ3v) is 6.59. The van der Waals surface area contributed by atoms with E-state index in [1.54, 1.807) is 16.2 Å². The van der Waals surface area contributed by atoms with Gasteiger partial charge in [0.1, 0.15) is 6.54 Å². The molecule has 1 N–H and O–H groups in total. The molecule has 1 aromatic heterocycles. The van der Waals surface area contributed by atoms with E-state index in [4.69, 9.17) is 0 Å². The summed E-state index contributed by atoms with van der Waals surface area (Å²) in [6.07, 6.45) is 0.945. The monoisotopic (exact) mass is 403 g/mol. The third-order valence-electron chi connectivity index (χ3n) is 5.59. The minimum atomic E-state index is -0.157. The molecule has 0 unspecified atom stereocenters. The van der Waals surface area contributed by atoms with E-state index < -0.39 is 0 Å². The SMILES string of the molecule is O=C1CN(C(=O)CN2CCc3sccc3[C@@H]2c2ccccc2)c2ccccc2N1. The predicted molar refractivity (Wildman–Crippen MR) is 115 cm³/mol. The van der Waals surface area contributed by atoms with Crippen molar-refractivity contribution in [2.45, 2.75) is 12.5 Å². The fourth-order valence-corrected chi connectivity index (χ4v) is 5.18. The van der Waals surface area contributed by atoms with Gasteiger partial charge in [-0.05, 0) is 41.1 Å². The molecular formula is C23H21N3O2S. The van der Waals surface area contributed by atoms with Crippen molar-refractivity contribution in [1.82, 2.24) is 4.90 Å². The Morgan fingerprint density at radius 3 is 2.72 bits per heavy atom. The van der Waals surface area contributed by atoms with E-state index in [1.807, 2.05) is 42.5 Å².